The highest BCUT2D eigenvalue weighted by atomic mass is 35.5. The fraction of sp³-hybridized carbons (Fsp3) is 0.818. The number of hydrogen-bond donors (Lipinski definition) is 3. The number of amides is 2. The Hall–Kier alpha value is -0.810. The summed E-state index contributed by atoms with van der Waals surface area (Å²) in [5, 5.41) is 5.43. The van der Waals surface area contributed by atoms with Crippen molar-refractivity contribution in [3.8, 4) is 0 Å². The molecule has 17 heavy (non-hydrogen) atoms. The lowest BCUT2D eigenvalue weighted by atomic mass is 9.96. The van der Waals surface area contributed by atoms with Gasteiger partial charge in [0.1, 0.15) is 0 Å². The molecule has 6 heteroatoms. The van der Waals surface area contributed by atoms with Gasteiger partial charge in [0.2, 0.25) is 11.8 Å². The molecule has 2 amide bonds. The van der Waals surface area contributed by atoms with E-state index in [1.54, 1.807) is 6.92 Å². The lowest BCUT2D eigenvalue weighted by Gasteiger charge is -2.22. The second-order valence-electron chi connectivity index (χ2n) is 4.26. The molecule has 0 spiro atoms. The molecule has 0 radical (unpaired) electrons. The normalized spacial score (nSPS) is 13.2. The van der Waals surface area contributed by atoms with E-state index in [1.807, 2.05) is 6.92 Å². The molecular formula is C11H24ClN3O2. The number of nitrogens with one attached hydrogen (secondary N) is 2. The van der Waals surface area contributed by atoms with Crippen LogP contribution in [-0.2, 0) is 9.59 Å². The van der Waals surface area contributed by atoms with E-state index in [4.69, 9.17) is 5.73 Å². The Bertz CT molecular complexity index is 245. The maximum atomic E-state index is 11.6. The van der Waals surface area contributed by atoms with Gasteiger partial charge in [-0.1, -0.05) is 13.3 Å². The van der Waals surface area contributed by atoms with E-state index < -0.39 is 5.54 Å². The maximum absolute atomic E-state index is 11.6. The zero-order valence-electron chi connectivity index (χ0n) is 10.8. The third-order valence-corrected chi connectivity index (χ3v) is 2.30. The minimum Gasteiger partial charge on any atom is -0.356 e. The van der Waals surface area contributed by atoms with Crippen molar-refractivity contribution in [3.63, 3.8) is 0 Å². The Kier molecular flexibility index (Phi) is 10.1. The Morgan fingerprint density at radius 3 is 2.24 bits per heavy atom. The van der Waals surface area contributed by atoms with Gasteiger partial charge in [0, 0.05) is 20.0 Å². The summed E-state index contributed by atoms with van der Waals surface area (Å²) < 4.78 is 0. The highest BCUT2D eigenvalue weighted by Crippen LogP contribution is 2.07. The first-order chi connectivity index (χ1) is 7.40. The topological polar surface area (TPSA) is 84.2 Å². The Balaban J connectivity index is 0. The van der Waals surface area contributed by atoms with Crippen molar-refractivity contribution < 1.29 is 9.59 Å². The first kappa shape index (κ1) is 18.6. The SMILES string of the molecule is CCCC(C)(N)C(=O)NCCCNC(C)=O.Cl. The predicted octanol–water partition coefficient (Wildman–Crippen LogP) is 0.568. The van der Waals surface area contributed by atoms with E-state index in [0.29, 0.717) is 25.9 Å². The van der Waals surface area contributed by atoms with Crippen LogP contribution in [-0.4, -0.2) is 30.4 Å². The number of carbonyl (C=O) groups excluding carboxylic acids is 2. The summed E-state index contributed by atoms with van der Waals surface area (Å²) in [6.07, 6.45) is 2.27. The first-order valence-corrected chi connectivity index (χ1v) is 5.71. The second-order valence-corrected chi connectivity index (χ2v) is 4.26. The van der Waals surface area contributed by atoms with Gasteiger partial charge in [-0.2, -0.15) is 0 Å². The molecule has 0 aromatic rings. The Labute approximate surface area is 109 Å². The van der Waals surface area contributed by atoms with Crippen LogP contribution in [0, 0.1) is 0 Å². The van der Waals surface area contributed by atoms with Crippen LogP contribution in [0.4, 0.5) is 0 Å². The maximum Gasteiger partial charge on any atom is 0.239 e. The van der Waals surface area contributed by atoms with Gasteiger partial charge in [0.25, 0.3) is 0 Å². The van der Waals surface area contributed by atoms with Gasteiger partial charge >= 0.3 is 0 Å². The predicted molar refractivity (Wildman–Crippen MR) is 71.1 cm³/mol. The summed E-state index contributed by atoms with van der Waals surface area (Å²) in [7, 11) is 0. The molecule has 0 heterocycles. The summed E-state index contributed by atoms with van der Waals surface area (Å²) in [6, 6.07) is 0. The molecule has 1 atom stereocenters. The smallest absolute Gasteiger partial charge is 0.239 e. The van der Waals surface area contributed by atoms with Crippen LogP contribution in [0.3, 0.4) is 0 Å². The van der Waals surface area contributed by atoms with E-state index in [1.165, 1.54) is 6.92 Å². The Morgan fingerprint density at radius 1 is 1.24 bits per heavy atom. The van der Waals surface area contributed by atoms with Crippen LogP contribution in [0.5, 0.6) is 0 Å². The van der Waals surface area contributed by atoms with Gasteiger partial charge in [0.15, 0.2) is 0 Å². The van der Waals surface area contributed by atoms with Crippen molar-refractivity contribution in [1.82, 2.24) is 10.6 Å². The van der Waals surface area contributed by atoms with Crippen molar-refractivity contribution in [2.24, 2.45) is 5.73 Å². The highest BCUT2D eigenvalue weighted by Gasteiger charge is 2.26. The molecule has 0 bridgehead atoms. The molecule has 0 aliphatic heterocycles. The quantitative estimate of drug-likeness (QED) is 0.589. The summed E-state index contributed by atoms with van der Waals surface area (Å²) in [6.45, 7) is 6.31. The van der Waals surface area contributed by atoms with Gasteiger partial charge in [-0.05, 0) is 19.8 Å². The number of nitrogens with two attached hydrogens (primary N) is 1. The lowest BCUT2D eigenvalue weighted by molar-refractivity contribution is -0.126. The van der Waals surface area contributed by atoms with E-state index in [-0.39, 0.29) is 24.2 Å². The lowest BCUT2D eigenvalue weighted by Crippen LogP contribution is -2.51. The van der Waals surface area contributed by atoms with E-state index >= 15 is 0 Å². The van der Waals surface area contributed by atoms with Crippen molar-refractivity contribution in [2.75, 3.05) is 13.1 Å². The molecule has 0 aliphatic carbocycles. The fourth-order valence-corrected chi connectivity index (χ4v) is 1.39. The fourth-order valence-electron chi connectivity index (χ4n) is 1.39. The van der Waals surface area contributed by atoms with Gasteiger partial charge < -0.3 is 16.4 Å². The molecule has 0 aromatic heterocycles. The molecule has 0 rings (SSSR count). The molecule has 102 valence electrons. The number of hydrogen-bond acceptors (Lipinski definition) is 3. The van der Waals surface area contributed by atoms with E-state index in [2.05, 4.69) is 10.6 Å². The van der Waals surface area contributed by atoms with Crippen molar-refractivity contribution >= 4 is 24.2 Å². The standard InChI is InChI=1S/C11H23N3O2.ClH/c1-4-6-11(3,12)10(16)14-8-5-7-13-9(2)15;/h4-8,12H2,1-3H3,(H,13,15)(H,14,16);1H. The average molecular weight is 266 g/mol. The second kappa shape index (κ2) is 9.24. The molecule has 1 unspecified atom stereocenters. The summed E-state index contributed by atoms with van der Waals surface area (Å²) in [5.74, 6) is -0.182. The van der Waals surface area contributed by atoms with Crippen LogP contribution < -0.4 is 16.4 Å². The number of carbonyl (C=O) groups is 2. The van der Waals surface area contributed by atoms with Crippen molar-refractivity contribution in [1.29, 1.82) is 0 Å². The number of halogens is 1. The third-order valence-electron chi connectivity index (χ3n) is 2.30. The zero-order valence-corrected chi connectivity index (χ0v) is 11.7. The molecule has 0 fully saturated rings. The van der Waals surface area contributed by atoms with Crippen molar-refractivity contribution in [3.05, 3.63) is 0 Å². The molecule has 4 N–H and O–H groups in total. The molecule has 5 nitrogen and oxygen atoms in total. The van der Waals surface area contributed by atoms with Crippen LogP contribution in [0.15, 0.2) is 0 Å². The average Bonchev–Trinajstić information content (AvgIpc) is 2.16. The third kappa shape index (κ3) is 8.94. The van der Waals surface area contributed by atoms with Gasteiger partial charge in [-0.3, -0.25) is 9.59 Å². The minimum atomic E-state index is -0.789. The first-order valence-electron chi connectivity index (χ1n) is 5.71. The number of rotatable bonds is 7. The van der Waals surface area contributed by atoms with Crippen LogP contribution in [0.25, 0.3) is 0 Å². The largest absolute Gasteiger partial charge is 0.356 e. The Morgan fingerprint density at radius 2 is 1.76 bits per heavy atom. The molecule has 0 aliphatic rings. The molecule has 0 saturated carbocycles. The summed E-state index contributed by atoms with van der Waals surface area (Å²) in [4.78, 5) is 22.2. The molecule has 0 saturated heterocycles. The van der Waals surface area contributed by atoms with Gasteiger partial charge in [-0.15, -0.1) is 12.4 Å². The summed E-state index contributed by atoms with van der Waals surface area (Å²) in [5.41, 5.74) is 5.06. The highest BCUT2D eigenvalue weighted by molar-refractivity contribution is 5.85. The van der Waals surface area contributed by atoms with Crippen LogP contribution in [0.1, 0.15) is 40.0 Å². The zero-order chi connectivity index (χ0) is 12.6. The molecule has 0 aromatic carbocycles. The van der Waals surface area contributed by atoms with Crippen LogP contribution >= 0.6 is 12.4 Å². The van der Waals surface area contributed by atoms with Crippen molar-refractivity contribution in [2.45, 2.75) is 45.6 Å². The van der Waals surface area contributed by atoms with Gasteiger partial charge in [-0.25, -0.2) is 0 Å². The van der Waals surface area contributed by atoms with Crippen LogP contribution in [0.2, 0.25) is 0 Å². The minimum absolute atomic E-state index is 0. The monoisotopic (exact) mass is 265 g/mol. The molecular weight excluding hydrogens is 242 g/mol. The van der Waals surface area contributed by atoms with E-state index in [0.717, 1.165) is 6.42 Å². The summed E-state index contributed by atoms with van der Waals surface area (Å²) >= 11 is 0. The van der Waals surface area contributed by atoms with E-state index in [9.17, 15) is 9.59 Å². The van der Waals surface area contributed by atoms with Gasteiger partial charge in [0.05, 0.1) is 5.54 Å².